The highest BCUT2D eigenvalue weighted by atomic mass is 32.1. The van der Waals surface area contributed by atoms with Gasteiger partial charge in [-0.2, -0.15) is 0 Å². The number of nitrogens with one attached hydrogen (secondary N) is 1. The molecule has 0 saturated heterocycles. The van der Waals surface area contributed by atoms with Crippen LogP contribution in [0.4, 0.5) is 10.1 Å². The van der Waals surface area contributed by atoms with Crippen molar-refractivity contribution < 1.29 is 13.9 Å². The molecule has 27 heavy (non-hydrogen) atoms. The third kappa shape index (κ3) is 5.12. The summed E-state index contributed by atoms with van der Waals surface area (Å²) in [6.07, 6.45) is 0. The molecule has 0 saturated carbocycles. The molecule has 3 N–H and O–H groups in total. The summed E-state index contributed by atoms with van der Waals surface area (Å²) in [4.78, 5) is 12.7. The van der Waals surface area contributed by atoms with Crippen LogP contribution in [0.15, 0.2) is 72.8 Å². The summed E-state index contributed by atoms with van der Waals surface area (Å²) in [7, 11) is 0. The van der Waals surface area contributed by atoms with E-state index in [1.54, 1.807) is 48.5 Å². The normalized spacial score (nSPS) is 10.3. The number of ether oxygens (including phenoxy) is 1. The molecule has 0 heterocycles. The molecular weight excluding hydrogens is 363 g/mol. The van der Waals surface area contributed by atoms with Gasteiger partial charge in [-0.25, -0.2) is 4.39 Å². The average molecular weight is 380 g/mol. The van der Waals surface area contributed by atoms with Gasteiger partial charge in [-0.05, 0) is 42.0 Å². The number of carbonyl (C=O) groups excluding carboxylic acids is 1. The lowest BCUT2D eigenvalue weighted by Crippen LogP contribution is -2.13. The zero-order valence-electron chi connectivity index (χ0n) is 14.3. The van der Waals surface area contributed by atoms with E-state index in [0.29, 0.717) is 22.6 Å². The molecule has 0 unspecified atom stereocenters. The van der Waals surface area contributed by atoms with Gasteiger partial charge >= 0.3 is 0 Å². The first-order valence-electron chi connectivity index (χ1n) is 8.20. The molecule has 0 fully saturated rings. The number of hydrogen-bond donors (Lipinski definition) is 2. The zero-order chi connectivity index (χ0) is 19.2. The van der Waals surface area contributed by atoms with E-state index in [1.165, 1.54) is 12.1 Å². The van der Waals surface area contributed by atoms with E-state index in [4.69, 9.17) is 22.7 Å². The van der Waals surface area contributed by atoms with Gasteiger partial charge in [-0.15, -0.1) is 0 Å². The molecule has 0 aromatic heterocycles. The summed E-state index contributed by atoms with van der Waals surface area (Å²) in [6, 6.07) is 20.0. The molecule has 136 valence electrons. The van der Waals surface area contributed by atoms with Crippen molar-refractivity contribution in [2.45, 2.75) is 6.61 Å². The summed E-state index contributed by atoms with van der Waals surface area (Å²) in [5, 5.41) is 2.84. The molecule has 0 radical (unpaired) electrons. The molecule has 3 aromatic rings. The van der Waals surface area contributed by atoms with Crippen molar-refractivity contribution >= 4 is 28.8 Å². The van der Waals surface area contributed by atoms with Crippen LogP contribution in [0.1, 0.15) is 21.5 Å². The Bertz CT molecular complexity index is 974. The van der Waals surface area contributed by atoms with Crippen molar-refractivity contribution in [1.82, 2.24) is 0 Å². The lowest BCUT2D eigenvalue weighted by molar-refractivity contribution is 0.102. The Hall–Kier alpha value is -3.25. The van der Waals surface area contributed by atoms with Crippen molar-refractivity contribution in [2.24, 2.45) is 5.73 Å². The van der Waals surface area contributed by atoms with Crippen LogP contribution in [0.3, 0.4) is 0 Å². The lowest BCUT2D eigenvalue weighted by atomic mass is 10.1. The highest BCUT2D eigenvalue weighted by Crippen LogP contribution is 2.17. The van der Waals surface area contributed by atoms with Crippen LogP contribution >= 0.6 is 12.2 Å². The van der Waals surface area contributed by atoms with Crippen molar-refractivity contribution in [3.63, 3.8) is 0 Å². The molecule has 3 rings (SSSR count). The Morgan fingerprint density at radius 1 is 1.00 bits per heavy atom. The third-order valence-corrected chi connectivity index (χ3v) is 4.05. The third-order valence-electron chi connectivity index (χ3n) is 3.82. The van der Waals surface area contributed by atoms with Crippen LogP contribution in [0, 0.1) is 5.82 Å². The number of amides is 1. The second-order valence-electron chi connectivity index (χ2n) is 5.84. The van der Waals surface area contributed by atoms with Crippen LogP contribution in [0.2, 0.25) is 0 Å². The van der Waals surface area contributed by atoms with Crippen molar-refractivity contribution in [1.29, 1.82) is 0 Å². The maximum atomic E-state index is 13.2. The maximum Gasteiger partial charge on any atom is 0.255 e. The van der Waals surface area contributed by atoms with Crippen molar-refractivity contribution in [2.75, 3.05) is 5.32 Å². The number of thiocarbonyl (C=S) groups is 1. The molecule has 3 aromatic carbocycles. The predicted molar refractivity (Wildman–Crippen MR) is 107 cm³/mol. The summed E-state index contributed by atoms with van der Waals surface area (Å²) >= 11 is 4.90. The summed E-state index contributed by atoms with van der Waals surface area (Å²) < 4.78 is 18.8. The Kier molecular flexibility index (Phi) is 5.78. The molecule has 0 bridgehead atoms. The number of carbonyl (C=O) groups is 1. The van der Waals surface area contributed by atoms with Gasteiger partial charge in [0.25, 0.3) is 5.91 Å². The van der Waals surface area contributed by atoms with E-state index >= 15 is 0 Å². The van der Waals surface area contributed by atoms with E-state index in [1.807, 2.05) is 12.1 Å². The lowest BCUT2D eigenvalue weighted by Gasteiger charge is -2.09. The fourth-order valence-electron chi connectivity index (χ4n) is 2.45. The topological polar surface area (TPSA) is 64.4 Å². The maximum absolute atomic E-state index is 13.2. The largest absolute Gasteiger partial charge is 0.489 e. The number of benzene rings is 3. The molecule has 0 atom stereocenters. The fraction of sp³-hybridized carbons (Fsp3) is 0.0476. The van der Waals surface area contributed by atoms with E-state index in [-0.39, 0.29) is 23.3 Å². The molecule has 0 spiro atoms. The second kappa shape index (κ2) is 8.42. The van der Waals surface area contributed by atoms with Gasteiger partial charge in [0.1, 0.15) is 23.2 Å². The van der Waals surface area contributed by atoms with Crippen LogP contribution in [-0.2, 0) is 6.61 Å². The number of halogens is 1. The SMILES string of the molecule is NC(=S)c1ccc(C(=O)Nc2cccc(COc3cccc(F)c3)c2)cc1. The summed E-state index contributed by atoms with van der Waals surface area (Å²) in [5.41, 5.74) is 8.25. The number of hydrogen-bond acceptors (Lipinski definition) is 3. The zero-order valence-corrected chi connectivity index (χ0v) is 15.1. The minimum atomic E-state index is -0.352. The molecule has 6 heteroatoms. The molecular formula is C21H17FN2O2S. The van der Waals surface area contributed by atoms with E-state index in [0.717, 1.165) is 5.56 Å². The van der Waals surface area contributed by atoms with Gasteiger partial charge < -0.3 is 15.8 Å². The first-order chi connectivity index (χ1) is 13.0. The highest BCUT2D eigenvalue weighted by molar-refractivity contribution is 7.80. The number of anilines is 1. The monoisotopic (exact) mass is 380 g/mol. The number of rotatable bonds is 6. The summed E-state index contributed by atoms with van der Waals surface area (Å²) in [6.45, 7) is 0.260. The van der Waals surface area contributed by atoms with Gasteiger partial charge in [0.05, 0.1) is 0 Å². The standard InChI is InChI=1S/C21H17FN2O2S/c22-17-4-2-6-19(12-17)26-13-14-3-1-5-18(11-14)24-21(25)16-9-7-15(8-10-16)20(23)27/h1-12H,13H2,(H2,23,27)(H,24,25). The minimum Gasteiger partial charge on any atom is -0.489 e. The van der Waals surface area contributed by atoms with E-state index in [2.05, 4.69) is 5.32 Å². The number of nitrogens with two attached hydrogens (primary N) is 1. The van der Waals surface area contributed by atoms with Crippen molar-refractivity contribution in [3.8, 4) is 5.75 Å². The van der Waals surface area contributed by atoms with Crippen molar-refractivity contribution in [3.05, 3.63) is 95.3 Å². The quantitative estimate of drug-likeness (QED) is 0.626. The van der Waals surface area contributed by atoms with Gasteiger partial charge in [0.15, 0.2) is 0 Å². The molecule has 0 aliphatic heterocycles. The summed E-state index contributed by atoms with van der Waals surface area (Å²) in [5.74, 6) is -0.148. The Balaban J connectivity index is 1.64. The molecule has 4 nitrogen and oxygen atoms in total. The molecule has 0 aliphatic carbocycles. The first kappa shape index (κ1) is 18.5. The Morgan fingerprint density at radius 3 is 2.41 bits per heavy atom. The minimum absolute atomic E-state index is 0.243. The van der Waals surface area contributed by atoms with Crippen LogP contribution in [-0.4, -0.2) is 10.9 Å². The molecule has 0 aliphatic rings. The highest BCUT2D eigenvalue weighted by Gasteiger charge is 2.07. The van der Waals surface area contributed by atoms with Crippen LogP contribution in [0.25, 0.3) is 0 Å². The van der Waals surface area contributed by atoms with E-state index < -0.39 is 0 Å². The molecule has 1 amide bonds. The predicted octanol–water partition coefficient (Wildman–Crippen LogP) is 4.29. The average Bonchev–Trinajstić information content (AvgIpc) is 2.67. The van der Waals surface area contributed by atoms with Gasteiger partial charge in [-0.3, -0.25) is 4.79 Å². The first-order valence-corrected chi connectivity index (χ1v) is 8.60. The van der Waals surface area contributed by atoms with Gasteiger partial charge in [-0.1, -0.05) is 42.5 Å². The Labute approximate surface area is 161 Å². The smallest absolute Gasteiger partial charge is 0.255 e. The van der Waals surface area contributed by atoms with Gasteiger partial charge in [0.2, 0.25) is 0 Å². The Morgan fingerprint density at radius 2 is 1.70 bits per heavy atom. The van der Waals surface area contributed by atoms with Crippen LogP contribution < -0.4 is 15.8 Å². The second-order valence-corrected chi connectivity index (χ2v) is 6.28. The van der Waals surface area contributed by atoms with Gasteiger partial charge in [0, 0.05) is 22.9 Å². The van der Waals surface area contributed by atoms with Crippen LogP contribution in [0.5, 0.6) is 5.75 Å². The van der Waals surface area contributed by atoms with E-state index in [9.17, 15) is 9.18 Å². The fourth-order valence-corrected chi connectivity index (χ4v) is 2.59.